The van der Waals surface area contributed by atoms with E-state index in [1.165, 1.54) is 6.92 Å². The number of amides is 1. The van der Waals surface area contributed by atoms with Crippen LogP contribution >= 0.6 is 23.2 Å². The van der Waals surface area contributed by atoms with E-state index in [4.69, 9.17) is 28.5 Å². The molecule has 146 valence electrons. The van der Waals surface area contributed by atoms with Crippen molar-refractivity contribution in [3.8, 4) is 6.07 Å². The number of benzene rings is 2. The number of hydrazine groups is 1. The second kappa shape index (κ2) is 9.19. The van der Waals surface area contributed by atoms with Crippen LogP contribution in [0.1, 0.15) is 23.9 Å². The van der Waals surface area contributed by atoms with Crippen molar-refractivity contribution in [3.63, 3.8) is 0 Å². The van der Waals surface area contributed by atoms with Crippen molar-refractivity contribution in [2.24, 2.45) is 0 Å². The van der Waals surface area contributed by atoms with E-state index in [1.54, 1.807) is 42.5 Å². The van der Waals surface area contributed by atoms with Gasteiger partial charge in [-0.05, 0) is 42.0 Å². The lowest BCUT2D eigenvalue weighted by Gasteiger charge is -2.11. The van der Waals surface area contributed by atoms with Crippen LogP contribution in [-0.4, -0.2) is 20.9 Å². The van der Waals surface area contributed by atoms with Crippen LogP contribution in [0.2, 0.25) is 10.0 Å². The average molecular weight is 428 g/mol. The fraction of sp³-hybridized carbons (Fsp3) is 0.105. The number of rotatable bonds is 6. The smallest absolute Gasteiger partial charge is 0.246 e. The molecule has 0 aliphatic heterocycles. The summed E-state index contributed by atoms with van der Waals surface area (Å²) in [5.74, 6) is 0.474. The molecule has 0 aliphatic rings. The van der Waals surface area contributed by atoms with Crippen LogP contribution in [0.4, 0.5) is 17.6 Å². The number of halogens is 2. The van der Waals surface area contributed by atoms with Crippen LogP contribution in [0, 0.1) is 11.3 Å². The van der Waals surface area contributed by atoms with Crippen molar-refractivity contribution in [1.82, 2.24) is 20.4 Å². The van der Waals surface area contributed by atoms with Crippen LogP contribution in [0.5, 0.6) is 0 Å². The Hall–Kier alpha value is -3.41. The Labute approximate surface area is 176 Å². The summed E-state index contributed by atoms with van der Waals surface area (Å²) < 4.78 is 0. The van der Waals surface area contributed by atoms with Crippen molar-refractivity contribution in [3.05, 3.63) is 69.5 Å². The number of anilines is 3. The molecule has 0 spiro atoms. The number of aromatic nitrogens is 3. The zero-order valence-electron chi connectivity index (χ0n) is 15.2. The van der Waals surface area contributed by atoms with Crippen LogP contribution in [0.3, 0.4) is 0 Å². The van der Waals surface area contributed by atoms with Gasteiger partial charge in [-0.25, -0.2) is 0 Å². The molecule has 29 heavy (non-hydrogen) atoms. The Morgan fingerprint density at radius 2 is 1.69 bits per heavy atom. The lowest BCUT2D eigenvalue weighted by atomic mass is 10.1. The lowest BCUT2D eigenvalue weighted by Crippen LogP contribution is -2.28. The highest BCUT2D eigenvalue weighted by molar-refractivity contribution is 6.36. The van der Waals surface area contributed by atoms with E-state index in [1.807, 2.05) is 0 Å². The zero-order valence-corrected chi connectivity index (χ0v) is 16.7. The van der Waals surface area contributed by atoms with E-state index >= 15 is 0 Å². The van der Waals surface area contributed by atoms with Crippen molar-refractivity contribution >= 4 is 46.7 Å². The predicted octanol–water partition coefficient (Wildman–Crippen LogP) is 3.85. The summed E-state index contributed by atoms with van der Waals surface area (Å²) in [4.78, 5) is 24.1. The maximum absolute atomic E-state index is 11.2. The van der Waals surface area contributed by atoms with Crippen molar-refractivity contribution in [2.45, 2.75) is 13.3 Å². The molecule has 1 amide bonds. The molecule has 10 heteroatoms. The van der Waals surface area contributed by atoms with Gasteiger partial charge in [0.25, 0.3) is 0 Å². The predicted molar refractivity (Wildman–Crippen MR) is 111 cm³/mol. The number of carbonyl (C=O) groups is 1. The molecule has 2 aromatic carbocycles. The highest BCUT2D eigenvalue weighted by Gasteiger charge is 2.12. The zero-order chi connectivity index (χ0) is 20.8. The van der Waals surface area contributed by atoms with Gasteiger partial charge < -0.3 is 5.32 Å². The van der Waals surface area contributed by atoms with Gasteiger partial charge in [0.05, 0.1) is 11.6 Å². The molecule has 3 N–H and O–H groups in total. The lowest BCUT2D eigenvalue weighted by molar-refractivity contribution is -0.118. The molecule has 0 unspecified atom stereocenters. The normalized spacial score (nSPS) is 10.1. The molecule has 0 atom stereocenters. The molecule has 0 saturated heterocycles. The van der Waals surface area contributed by atoms with E-state index in [-0.39, 0.29) is 24.2 Å². The van der Waals surface area contributed by atoms with Crippen molar-refractivity contribution in [2.75, 3.05) is 10.7 Å². The monoisotopic (exact) mass is 427 g/mol. The quantitative estimate of drug-likeness (QED) is 0.511. The number of nitriles is 1. The summed E-state index contributed by atoms with van der Waals surface area (Å²) in [6, 6.07) is 14.1. The van der Waals surface area contributed by atoms with E-state index in [9.17, 15) is 4.79 Å². The van der Waals surface area contributed by atoms with Gasteiger partial charge in [-0.3, -0.25) is 15.6 Å². The molecular weight excluding hydrogens is 413 g/mol. The Balaban J connectivity index is 1.92. The van der Waals surface area contributed by atoms with Gasteiger partial charge in [0, 0.05) is 29.1 Å². The third-order valence-electron chi connectivity index (χ3n) is 3.70. The SMILES string of the molecule is CC(=O)NNc1nc(Cc2c(Cl)cccc2Cl)nc(Nc2ccc(C#N)cc2)n1. The summed E-state index contributed by atoms with van der Waals surface area (Å²) in [6.45, 7) is 1.36. The summed E-state index contributed by atoms with van der Waals surface area (Å²) in [6.07, 6.45) is 0.262. The Morgan fingerprint density at radius 3 is 2.31 bits per heavy atom. The van der Waals surface area contributed by atoms with Crippen LogP contribution < -0.4 is 16.2 Å². The fourth-order valence-electron chi connectivity index (χ4n) is 2.37. The summed E-state index contributed by atoms with van der Waals surface area (Å²) in [5, 5.41) is 13.0. The van der Waals surface area contributed by atoms with Crippen LogP contribution in [0.25, 0.3) is 0 Å². The Kier molecular flexibility index (Phi) is 6.44. The van der Waals surface area contributed by atoms with Gasteiger partial charge >= 0.3 is 0 Å². The molecule has 8 nitrogen and oxygen atoms in total. The van der Waals surface area contributed by atoms with Gasteiger partial charge in [0.15, 0.2) is 0 Å². The molecule has 0 radical (unpaired) electrons. The Bertz CT molecular complexity index is 1060. The van der Waals surface area contributed by atoms with E-state index < -0.39 is 0 Å². The molecule has 0 aliphatic carbocycles. The first kappa shape index (κ1) is 20.3. The average Bonchev–Trinajstić information content (AvgIpc) is 2.70. The molecular formula is C19H15Cl2N7O. The van der Waals surface area contributed by atoms with Crippen molar-refractivity contribution in [1.29, 1.82) is 5.26 Å². The highest BCUT2D eigenvalue weighted by atomic mass is 35.5. The van der Waals surface area contributed by atoms with E-state index in [0.717, 1.165) is 0 Å². The number of nitrogens with zero attached hydrogens (tertiary/aromatic N) is 4. The van der Waals surface area contributed by atoms with Gasteiger partial charge in [-0.2, -0.15) is 20.2 Å². The maximum Gasteiger partial charge on any atom is 0.246 e. The maximum atomic E-state index is 11.2. The second-order valence-electron chi connectivity index (χ2n) is 5.90. The third kappa shape index (κ3) is 5.54. The van der Waals surface area contributed by atoms with Crippen LogP contribution in [0.15, 0.2) is 42.5 Å². The second-order valence-corrected chi connectivity index (χ2v) is 6.71. The van der Waals surface area contributed by atoms with Gasteiger partial charge in [-0.15, -0.1) is 0 Å². The van der Waals surface area contributed by atoms with Crippen LogP contribution in [-0.2, 0) is 11.2 Å². The number of hydrogen-bond donors (Lipinski definition) is 3. The van der Waals surface area contributed by atoms with E-state index in [2.05, 4.69) is 37.2 Å². The molecule has 1 aromatic heterocycles. The minimum Gasteiger partial charge on any atom is -0.324 e. The van der Waals surface area contributed by atoms with Gasteiger partial charge in [0.1, 0.15) is 5.82 Å². The first-order valence-electron chi connectivity index (χ1n) is 8.42. The molecule has 0 saturated carbocycles. The minimum atomic E-state index is -0.303. The summed E-state index contributed by atoms with van der Waals surface area (Å²) >= 11 is 12.5. The number of nitrogens with one attached hydrogen (secondary N) is 3. The molecule has 3 rings (SSSR count). The summed E-state index contributed by atoms with van der Waals surface area (Å²) in [7, 11) is 0. The Morgan fingerprint density at radius 1 is 1.03 bits per heavy atom. The number of carbonyl (C=O) groups excluding carboxylic acids is 1. The number of hydrogen-bond acceptors (Lipinski definition) is 7. The minimum absolute atomic E-state index is 0.143. The molecule has 0 fully saturated rings. The van der Waals surface area contributed by atoms with Gasteiger partial charge in [-0.1, -0.05) is 29.3 Å². The standard InChI is InChI=1S/C19H15Cl2N7O/c1-11(29)27-28-19-25-17(9-14-15(20)3-2-4-16(14)21)24-18(26-19)23-13-7-5-12(10-22)6-8-13/h2-8H,9H2,1H3,(H,27,29)(H2,23,24,25,26,28). The molecule has 3 aromatic rings. The molecule has 1 heterocycles. The largest absolute Gasteiger partial charge is 0.324 e. The summed E-state index contributed by atoms with van der Waals surface area (Å²) in [5.41, 5.74) is 6.95. The van der Waals surface area contributed by atoms with E-state index in [0.29, 0.717) is 32.7 Å². The topological polar surface area (TPSA) is 116 Å². The fourth-order valence-corrected chi connectivity index (χ4v) is 2.90. The van der Waals surface area contributed by atoms with Crippen molar-refractivity contribution < 1.29 is 4.79 Å². The highest BCUT2D eigenvalue weighted by Crippen LogP contribution is 2.26. The first-order chi connectivity index (χ1) is 13.9. The van der Waals surface area contributed by atoms with Gasteiger partial charge in [0.2, 0.25) is 17.8 Å². The molecule has 0 bridgehead atoms. The first-order valence-corrected chi connectivity index (χ1v) is 9.18. The third-order valence-corrected chi connectivity index (χ3v) is 4.41.